The van der Waals surface area contributed by atoms with Gasteiger partial charge in [-0.05, 0) is 32.4 Å². The van der Waals surface area contributed by atoms with E-state index in [0.29, 0.717) is 25.8 Å². The van der Waals surface area contributed by atoms with Crippen LogP contribution in [0.25, 0.3) is 0 Å². The van der Waals surface area contributed by atoms with Crippen molar-refractivity contribution < 1.29 is 19.2 Å². The summed E-state index contributed by atoms with van der Waals surface area (Å²) in [7, 11) is 1.67. The minimum absolute atomic E-state index is 0.107. The van der Waals surface area contributed by atoms with Gasteiger partial charge in [0.2, 0.25) is 23.6 Å². The van der Waals surface area contributed by atoms with Gasteiger partial charge in [-0.3, -0.25) is 19.2 Å². The number of hydrogen-bond donors (Lipinski definition) is 4. The number of nitrogens with one attached hydrogen (secondary N) is 4. The molecule has 2 heterocycles. The summed E-state index contributed by atoms with van der Waals surface area (Å²) in [6.07, 6.45) is 5.27. The lowest BCUT2D eigenvalue weighted by molar-refractivity contribution is -0.143. The number of benzene rings is 1. The van der Waals surface area contributed by atoms with Crippen LogP contribution in [-0.2, 0) is 25.7 Å². The molecule has 34 heavy (non-hydrogen) atoms. The third kappa shape index (κ3) is 6.02. The normalized spacial score (nSPS) is 24.7. The molecule has 0 radical (unpaired) electrons. The molecule has 9 nitrogen and oxygen atoms in total. The fraction of sp³-hybridized carbons (Fsp3) is 0.520. The van der Waals surface area contributed by atoms with Crippen molar-refractivity contribution >= 4 is 23.6 Å². The molecule has 2 aliphatic heterocycles. The van der Waals surface area contributed by atoms with Crippen LogP contribution in [0.2, 0.25) is 0 Å². The highest BCUT2D eigenvalue weighted by atomic mass is 16.2. The Morgan fingerprint density at radius 3 is 2.50 bits per heavy atom. The Morgan fingerprint density at radius 1 is 1.09 bits per heavy atom. The molecule has 0 unspecified atom stereocenters. The molecule has 1 fully saturated rings. The van der Waals surface area contributed by atoms with Gasteiger partial charge in [0.1, 0.15) is 12.1 Å². The molecule has 0 saturated carbocycles. The second-order valence-electron chi connectivity index (χ2n) is 8.84. The molecule has 1 aromatic carbocycles. The van der Waals surface area contributed by atoms with Crippen LogP contribution in [0.3, 0.4) is 0 Å². The largest absolute Gasteiger partial charge is 0.356 e. The molecule has 5 atom stereocenters. The van der Waals surface area contributed by atoms with E-state index in [0.717, 1.165) is 5.56 Å². The van der Waals surface area contributed by atoms with Crippen LogP contribution >= 0.6 is 0 Å². The van der Waals surface area contributed by atoms with E-state index in [4.69, 9.17) is 0 Å². The predicted molar refractivity (Wildman–Crippen MR) is 128 cm³/mol. The Morgan fingerprint density at radius 2 is 1.82 bits per heavy atom. The van der Waals surface area contributed by atoms with E-state index in [2.05, 4.69) is 21.3 Å². The van der Waals surface area contributed by atoms with E-state index in [9.17, 15) is 19.2 Å². The van der Waals surface area contributed by atoms with Gasteiger partial charge in [-0.2, -0.15) is 0 Å². The van der Waals surface area contributed by atoms with E-state index in [1.54, 1.807) is 31.9 Å². The summed E-state index contributed by atoms with van der Waals surface area (Å²) in [5, 5.41) is 11.5. The Hall–Kier alpha value is -3.20. The minimum atomic E-state index is -0.838. The van der Waals surface area contributed by atoms with Crippen molar-refractivity contribution in [2.24, 2.45) is 5.92 Å². The molecule has 184 valence electrons. The van der Waals surface area contributed by atoms with Crippen LogP contribution in [0.15, 0.2) is 42.5 Å². The van der Waals surface area contributed by atoms with Crippen molar-refractivity contribution in [3.05, 3.63) is 48.0 Å². The number of rotatable bonds is 9. The number of amides is 4. The van der Waals surface area contributed by atoms with Gasteiger partial charge in [0.05, 0.1) is 12.1 Å². The van der Waals surface area contributed by atoms with Crippen LogP contribution in [0.1, 0.15) is 38.7 Å². The third-order valence-electron chi connectivity index (χ3n) is 6.58. The van der Waals surface area contributed by atoms with Crippen molar-refractivity contribution in [2.75, 3.05) is 13.6 Å². The molecule has 0 aliphatic carbocycles. The van der Waals surface area contributed by atoms with Gasteiger partial charge in [-0.15, -0.1) is 0 Å². The molecule has 3 rings (SSSR count). The topological polar surface area (TPSA) is 120 Å². The van der Waals surface area contributed by atoms with Crippen molar-refractivity contribution in [3.63, 3.8) is 0 Å². The monoisotopic (exact) mass is 469 g/mol. The summed E-state index contributed by atoms with van der Waals surface area (Å²) in [6, 6.07) is 7.27. The second-order valence-corrected chi connectivity index (χ2v) is 8.84. The average Bonchev–Trinajstić information content (AvgIpc) is 3.24. The first-order valence-electron chi connectivity index (χ1n) is 11.9. The van der Waals surface area contributed by atoms with Gasteiger partial charge in [0.15, 0.2) is 0 Å². The van der Waals surface area contributed by atoms with Gasteiger partial charge in [0, 0.05) is 25.4 Å². The quantitative estimate of drug-likeness (QED) is 0.392. The molecular weight excluding hydrogens is 434 g/mol. The number of carbonyl (C=O) groups excluding carboxylic acids is 4. The molecule has 0 bridgehead atoms. The lowest BCUT2D eigenvalue weighted by Crippen LogP contribution is -2.59. The van der Waals surface area contributed by atoms with Crippen LogP contribution < -0.4 is 21.3 Å². The Kier molecular flexibility index (Phi) is 8.81. The second kappa shape index (κ2) is 11.8. The van der Waals surface area contributed by atoms with Gasteiger partial charge >= 0.3 is 0 Å². The van der Waals surface area contributed by atoms with Crippen molar-refractivity contribution in [2.45, 2.75) is 63.8 Å². The van der Waals surface area contributed by atoms with Gasteiger partial charge in [-0.25, -0.2) is 0 Å². The van der Waals surface area contributed by atoms with E-state index < -0.39 is 18.1 Å². The highest BCUT2D eigenvalue weighted by molar-refractivity contribution is 5.95. The van der Waals surface area contributed by atoms with Crippen molar-refractivity contribution in [1.82, 2.24) is 26.2 Å². The van der Waals surface area contributed by atoms with Crippen molar-refractivity contribution in [3.8, 4) is 0 Å². The maximum Gasteiger partial charge on any atom is 0.247 e. The van der Waals surface area contributed by atoms with Crippen LogP contribution in [0.5, 0.6) is 0 Å². The van der Waals surface area contributed by atoms with Crippen LogP contribution in [0.4, 0.5) is 0 Å². The first kappa shape index (κ1) is 25.4. The van der Waals surface area contributed by atoms with E-state index in [1.165, 1.54) is 0 Å². The fourth-order valence-electron chi connectivity index (χ4n) is 4.36. The first-order chi connectivity index (χ1) is 16.3. The third-order valence-corrected chi connectivity index (χ3v) is 6.58. The number of hydrogen-bond acceptors (Lipinski definition) is 5. The Labute approximate surface area is 200 Å². The van der Waals surface area contributed by atoms with E-state index in [1.807, 2.05) is 36.4 Å². The molecule has 0 aromatic heterocycles. The van der Waals surface area contributed by atoms with E-state index in [-0.39, 0.29) is 42.1 Å². The zero-order valence-corrected chi connectivity index (χ0v) is 20.0. The lowest BCUT2D eigenvalue weighted by Gasteiger charge is -2.32. The average molecular weight is 470 g/mol. The standard InChI is InChI=1S/C25H35N5O4/c1-4-21(31)27-15-18-10-11-19-12-13-20(24(33)28-14-17-8-6-5-7-9-17)30(19)25(34)22(18)29-23(32)16(2)26-3/h5-9,12-13,16,18-20,22,26H,4,10-11,14-15H2,1-3H3,(H,27,31)(H,28,33)(H,29,32)/t16-,18+,19-,20-,22-/m0/s1. The highest BCUT2D eigenvalue weighted by Gasteiger charge is 2.45. The first-order valence-corrected chi connectivity index (χ1v) is 11.9. The molecule has 4 amide bonds. The maximum atomic E-state index is 13.7. The number of likely N-dealkylation sites (N-methyl/N-ethyl adjacent to an activating group) is 1. The highest BCUT2D eigenvalue weighted by Crippen LogP contribution is 2.30. The van der Waals surface area contributed by atoms with Gasteiger partial charge in [-0.1, -0.05) is 49.4 Å². The van der Waals surface area contributed by atoms with Gasteiger partial charge in [0.25, 0.3) is 0 Å². The summed E-state index contributed by atoms with van der Waals surface area (Å²) in [6.45, 7) is 4.13. The maximum absolute atomic E-state index is 13.7. The predicted octanol–water partition coefficient (Wildman–Crippen LogP) is 0.467. The molecule has 1 aromatic rings. The Bertz CT molecular complexity index is 919. The summed E-state index contributed by atoms with van der Waals surface area (Å²) in [5.41, 5.74) is 0.967. The summed E-state index contributed by atoms with van der Waals surface area (Å²) < 4.78 is 0. The number of fused-ring (bicyclic) bond motifs is 1. The zero-order chi connectivity index (χ0) is 24.7. The smallest absolute Gasteiger partial charge is 0.247 e. The molecule has 1 saturated heterocycles. The molecule has 2 aliphatic rings. The van der Waals surface area contributed by atoms with E-state index >= 15 is 0 Å². The van der Waals surface area contributed by atoms with Crippen LogP contribution in [-0.4, -0.2) is 66.3 Å². The number of carbonyl (C=O) groups is 4. The molecular formula is C25H35N5O4. The van der Waals surface area contributed by atoms with Crippen LogP contribution in [0, 0.1) is 5.92 Å². The van der Waals surface area contributed by atoms with Crippen molar-refractivity contribution in [1.29, 1.82) is 0 Å². The summed E-state index contributed by atoms with van der Waals surface area (Å²) in [5.74, 6) is -1.25. The minimum Gasteiger partial charge on any atom is -0.356 e. The molecule has 0 spiro atoms. The zero-order valence-electron chi connectivity index (χ0n) is 20.0. The van der Waals surface area contributed by atoms with Gasteiger partial charge < -0.3 is 26.2 Å². The molecule has 9 heteroatoms. The SMILES string of the molecule is CCC(=O)NC[C@H]1CC[C@H]2C=C[C@@H](C(=O)NCc3ccccc3)N2C(=O)[C@H]1NC(=O)[C@H](C)NC. The lowest BCUT2D eigenvalue weighted by atomic mass is 9.93. The summed E-state index contributed by atoms with van der Waals surface area (Å²) in [4.78, 5) is 52.9. The number of nitrogens with zero attached hydrogens (tertiary/aromatic N) is 1. The molecule has 4 N–H and O–H groups in total. The Balaban J connectivity index is 1.77. The summed E-state index contributed by atoms with van der Waals surface area (Å²) >= 11 is 0. The fourth-order valence-corrected chi connectivity index (χ4v) is 4.36.